The van der Waals surface area contributed by atoms with Crippen molar-refractivity contribution in [2.24, 2.45) is 5.73 Å². The number of benzene rings is 1. The van der Waals surface area contributed by atoms with E-state index in [4.69, 9.17) is 23.1 Å². The van der Waals surface area contributed by atoms with Crippen LogP contribution in [0.2, 0.25) is 0 Å². The van der Waals surface area contributed by atoms with Gasteiger partial charge in [0.1, 0.15) is 13.8 Å². The Kier molecular flexibility index (Phi) is 1.69. The topological polar surface area (TPSA) is 44.5 Å². The summed E-state index contributed by atoms with van der Waals surface area (Å²) in [6.45, 7) is 0. The lowest BCUT2D eigenvalue weighted by Gasteiger charge is -2.29. The molecule has 0 saturated heterocycles. The maximum absolute atomic E-state index is 5.52. The third kappa shape index (κ3) is 1.14. The van der Waals surface area contributed by atoms with Crippen LogP contribution < -0.4 is 15.2 Å². The van der Waals surface area contributed by atoms with Gasteiger partial charge in [-0.3, -0.25) is 5.73 Å². The van der Waals surface area contributed by atoms with Gasteiger partial charge in [-0.15, -0.1) is 0 Å². The van der Waals surface area contributed by atoms with Crippen LogP contribution in [0.5, 0.6) is 11.5 Å². The molecule has 2 rings (SSSR count). The molecule has 60 valence electrons. The molecule has 0 fully saturated rings. The summed E-state index contributed by atoms with van der Waals surface area (Å²) >= 11 is 0. The highest BCUT2D eigenvalue weighted by molar-refractivity contribution is 6.11. The van der Waals surface area contributed by atoms with Crippen LogP contribution >= 0.6 is 0 Å². The van der Waals surface area contributed by atoms with E-state index in [-0.39, 0.29) is 0 Å². The van der Waals surface area contributed by atoms with Crippen LogP contribution in [-0.4, -0.2) is 20.1 Å². The minimum Gasteiger partial charge on any atom is -0.491 e. The first-order valence-electron chi connectivity index (χ1n) is 3.71. The van der Waals surface area contributed by atoms with Gasteiger partial charge in [-0.2, -0.15) is 0 Å². The van der Waals surface area contributed by atoms with Gasteiger partial charge in [0.15, 0.2) is 17.7 Å². The SMILES string of the molecule is [B]C1Oc2ccccc2OC1N. The Morgan fingerprint density at radius 2 is 1.75 bits per heavy atom. The summed E-state index contributed by atoms with van der Waals surface area (Å²) in [5.74, 6) is 1.29. The lowest BCUT2D eigenvalue weighted by atomic mass is 9.98. The van der Waals surface area contributed by atoms with Gasteiger partial charge in [0, 0.05) is 0 Å². The molecule has 1 aromatic rings. The van der Waals surface area contributed by atoms with Gasteiger partial charge >= 0.3 is 0 Å². The Hall–Kier alpha value is -1.16. The molecule has 0 aliphatic carbocycles. The summed E-state index contributed by atoms with van der Waals surface area (Å²) in [6.07, 6.45) is -0.583. The Morgan fingerprint density at radius 1 is 1.17 bits per heavy atom. The zero-order valence-corrected chi connectivity index (χ0v) is 6.44. The van der Waals surface area contributed by atoms with E-state index in [0.717, 1.165) is 0 Å². The first kappa shape index (κ1) is 7.49. The molecule has 1 heterocycles. The second-order valence-corrected chi connectivity index (χ2v) is 2.61. The van der Waals surface area contributed by atoms with Crippen LogP contribution in [-0.2, 0) is 0 Å². The summed E-state index contributed by atoms with van der Waals surface area (Å²) in [5.41, 5.74) is 5.52. The maximum Gasteiger partial charge on any atom is 0.175 e. The molecule has 0 spiro atoms. The molecule has 2 unspecified atom stereocenters. The van der Waals surface area contributed by atoms with E-state index >= 15 is 0 Å². The van der Waals surface area contributed by atoms with Crippen LogP contribution in [0.1, 0.15) is 0 Å². The number of rotatable bonds is 0. The molecule has 3 nitrogen and oxygen atoms in total. The van der Waals surface area contributed by atoms with Crippen LogP contribution in [0.3, 0.4) is 0 Å². The number of fused-ring (bicyclic) bond motifs is 1. The number of hydrogen-bond donors (Lipinski definition) is 1. The zero-order chi connectivity index (χ0) is 8.55. The third-order valence-electron chi connectivity index (χ3n) is 1.70. The highest BCUT2D eigenvalue weighted by Gasteiger charge is 2.23. The summed E-state index contributed by atoms with van der Waals surface area (Å²) < 4.78 is 10.5. The van der Waals surface area contributed by atoms with Crippen molar-refractivity contribution < 1.29 is 9.47 Å². The van der Waals surface area contributed by atoms with Gasteiger partial charge in [0.05, 0.1) is 0 Å². The Morgan fingerprint density at radius 3 is 2.42 bits per heavy atom. The Labute approximate surface area is 71.9 Å². The molecule has 4 heteroatoms. The first-order valence-corrected chi connectivity index (χ1v) is 3.71. The van der Waals surface area contributed by atoms with E-state index in [2.05, 4.69) is 0 Å². The predicted octanol–water partition coefficient (Wildman–Crippen LogP) is 0.237. The van der Waals surface area contributed by atoms with Gasteiger partial charge in [-0.1, -0.05) is 12.1 Å². The van der Waals surface area contributed by atoms with E-state index in [0.29, 0.717) is 11.5 Å². The van der Waals surface area contributed by atoms with Crippen molar-refractivity contribution in [1.29, 1.82) is 0 Å². The van der Waals surface area contributed by atoms with E-state index in [1.54, 1.807) is 12.1 Å². The van der Waals surface area contributed by atoms with Gasteiger partial charge in [0.25, 0.3) is 0 Å². The molecule has 2 atom stereocenters. The minimum absolute atomic E-state index is 0.583. The fourth-order valence-corrected chi connectivity index (χ4v) is 1.07. The summed E-state index contributed by atoms with van der Waals surface area (Å²) in [6, 6.07) is 6.71. The highest BCUT2D eigenvalue weighted by atomic mass is 16.6. The normalized spacial score (nSPS) is 26.8. The molecular weight excluding hydrogens is 153 g/mol. The van der Waals surface area contributed by atoms with Crippen molar-refractivity contribution in [1.82, 2.24) is 0 Å². The molecule has 0 aromatic heterocycles. The van der Waals surface area contributed by atoms with E-state index in [1.165, 1.54) is 0 Å². The fourth-order valence-electron chi connectivity index (χ4n) is 1.07. The average Bonchev–Trinajstić information content (AvgIpc) is 2.07. The average molecular weight is 161 g/mol. The highest BCUT2D eigenvalue weighted by Crippen LogP contribution is 2.31. The molecule has 12 heavy (non-hydrogen) atoms. The largest absolute Gasteiger partial charge is 0.491 e. The van der Waals surface area contributed by atoms with Crippen LogP contribution in [0.25, 0.3) is 0 Å². The second kappa shape index (κ2) is 2.71. The fraction of sp³-hybridized carbons (Fsp3) is 0.250. The molecule has 0 saturated carbocycles. The van der Waals surface area contributed by atoms with Crippen LogP contribution in [0.4, 0.5) is 0 Å². The van der Waals surface area contributed by atoms with Crippen LogP contribution in [0.15, 0.2) is 24.3 Å². The molecule has 1 aromatic carbocycles. The van der Waals surface area contributed by atoms with E-state index in [1.807, 2.05) is 12.1 Å². The molecule has 2 radical (unpaired) electrons. The quantitative estimate of drug-likeness (QED) is 0.554. The van der Waals surface area contributed by atoms with Crippen molar-refractivity contribution in [3.05, 3.63) is 24.3 Å². The molecule has 1 aliphatic rings. The van der Waals surface area contributed by atoms with Gasteiger partial charge in [-0.05, 0) is 12.1 Å². The van der Waals surface area contributed by atoms with Crippen molar-refractivity contribution >= 4 is 7.85 Å². The lowest BCUT2D eigenvalue weighted by Crippen LogP contribution is -2.46. The maximum atomic E-state index is 5.52. The summed E-state index contributed by atoms with van der Waals surface area (Å²) in [5, 5.41) is 0. The van der Waals surface area contributed by atoms with Gasteiger partial charge < -0.3 is 9.47 Å². The predicted molar refractivity (Wildman–Crippen MR) is 45.2 cm³/mol. The van der Waals surface area contributed by atoms with Crippen molar-refractivity contribution in [2.75, 3.05) is 0 Å². The number of ether oxygens (including phenoxy) is 2. The van der Waals surface area contributed by atoms with Crippen molar-refractivity contribution in [3.8, 4) is 11.5 Å². The van der Waals surface area contributed by atoms with E-state index < -0.39 is 12.2 Å². The smallest absolute Gasteiger partial charge is 0.175 e. The number of hydrogen-bond acceptors (Lipinski definition) is 3. The standard InChI is InChI=1S/C8H8BNO2/c9-7-8(10)12-6-4-2-1-3-5(6)11-7/h1-4,7-8H,10H2. The summed E-state index contributed by atoms with van der Waals surface area (Å²) in [4.78, 5) is 0. The lowest BCUT2D eigenvalue weighted by molar-refractivity contribution is 0.0705. The van der Waals surface area contributed by atoms with Gasteiger partial charge in [0.2, 0.25) is 0 Å². The molecule has 0 bridgehead atoms. The monoisotopic (exact) mass is 161 g/mol. The number of nitrogens with two attached hydrogens (primary N) is 1. The zero-order valence-electron chi connectivity index (χ0n) is 6.44. The molecule has 2 N–H and O–H groups in total. The molecule has 1 aliphatic heterocycles. The van der Waals surface area contributed by atoms with Gasteiger partial charge in [-0.25, -0.2) is 0 Å². The molecular formula is C8H8BNO2. The molecule has 0 amide bonds. The first-order chi connectivity index (χ1) is 5.77. The van der Waals surface area contributed by atoms with Crippen molar-refractivity contribution in [3.63, 3.8) is 0 Å². The Bertz CT molecular complexity index is 263. The Balaban J connectivity index is 2.34. The van der Waals surface area contributed by atoms with Crippen LogP contribution in [0, 0.1) is 0 Å². The third-order valence-corrected chi connectivity index (χ3v) is 1.70. The second-order valence-electron chi connectivity index (χ2n) is 2.61. The van der Waals surface area contributed by atoms with Crippen molar-refractivity contribution in [2.45, 2.75) is 12.2 Å². The summed E-state index contributed by atoms with van der Waals surface area (Å²) in [7, 11) is 5.52. The number of para-hydroxylation sites is 2. The minimum atomic E-state index is -0.583. The van der Waals surface area contributed by atoms with E-state index in [9.17, 15) is 0 Å².